The number of hydrogen-bond donors (Lipinski definition) is 2. The maximum atomic E-state index is 9.67. The zero-order valence-electron chi connectivity index (χ0n) is 9.93. The Morgan fingerprint density at radius 1 is 1.44 bits per heavy atom. The molecule has 0 aliphatic rings. The van der Waals surface area contributed by atoms with Crippen molar-refractivity contribution in [2.45, 2.75) is 32.4 Å². The summed E-state index contributed by atoms with van der Waals surface area (Å²) in [6.45, 7) is 3.89. The second-order valence-electron chi connectivity index (χ2n) is 3.72. The van der Waals surface area contributed by atoms with Crippen LogP contribution in [0.25, 0.3) is 0 Å². The van der Waals surface area contributed by atoms with E-state index in [1.807, 2.05) is 32.0 Å². The minimum Gasteiger partial charge on any atom is -0.497 e. The van der Waals surface area contributed by atoms with Crippen molar-refractivity contribution in [1.82, 2.24) is 0 Å². The number of aryl methyl sites for hydroxylation is 1. The average molecular weight is 246 g/mol. The molecule has 3 N–H and O–H groups in total. The largest absolute Gasteiger partial charge is 0.497 e. The van der Waals surface area contributed by atoms with Gasteiger partial charge in [-0.1, -0.05) is 13.0 Å². The molecule has 0 bridgehead atoms. The fourth-order valence-corrected chi connectivity index (χ4v) is 1.61. The van der Waals surface area contributed by atoms with E-state index in [1.165, 1.54) is 0 Å². The van der Waals surface area contributed by atoms with Gasteiger partial charge >= 0.3 is 0 Å². The summed E-state index contributed by atoms with van der Waals surface area (Å²) in [5, 5.41) is 9.67. The van der Waals surface area contributed by atoms with E-state index in [2.05, 4.69) is 0 Å². The summed E-state index contributed by atoms with van der Waals surface area (Å²) in [6.07, 6.45) is 0.171. The van der Waals surface area contributed by atoms with Crippen LogP contribution in [0.15, 0.2) is 18.2 Å². The lowest BCUT2D eigenvalue weighted by Crippen LogP contribution is -2.26. The van der Waals surface area contributed by atoms with Crippen molar-refractivity contribution in [2.24, 2.45) is 5.73 Å². The lowest BCUT2D eigenvalue weighted by atomic mass is 9.96. The van der Waals surface area contributed by atoms with Crippen LogP contribution < -0.4 is 10.5 Å². The molecule has 92 valence electrons. The first-order valence-electron chi connectivity index (χ1n) is 5.18. The molecule has 1 aromatic carbocycles. The van der Waals surface area contributed by atoms with Gasteiger partial charge in [0.1, 0.15) is 5.75 Å². The second-order valence-corrected chi connectivity index (χ2v) is 3.72. The van der Waals surface area contributed by atoms with Crippen molar-refractivity contribution in [3.8, 4) is 5.75 Å². The standard InChI is InChI=1S/C12H19NO2.ClH/c1-4-11(14)12(13)10-6-5-9(15-3)7-8(10)2;/h5-7,11-12,14H,4,13H2,1-3H3;1H/t11-,12+;/m0./s1. The van der Waals surface area contributed by atoms with Gasteiger partial charge in [-0.05, 0) is 36.6 Å². The molecule has 1 aromatic rings. The molecule has 3 nitrogen and oxygen atoms in total. The Kier molecular flexibility index (Phi) is 6.41. The van der Waals surface area contributed by atoms with Crippen LogP contribution in [0.3, 0.4) is 0 Å². The summed E-state index contributed by atoms with van der Waals surface area (Å²) in [4.78, 5) is 0. The first kappa shape index (κ1) is 15.2. The first-order chi connectivity index (χ1) is 7.10. The van der Waals surface area contributed by atoms with Crippen LogP contribution in [0, 0.1) is 6.92 Å². The molecule has 0 radical (unpaired) electrons. The van der Waals surface area contributed by atoms with Crippen LogP contribution in [0.4, 0.5) is 0 Å². The van der Waals surface area contributed by atoms with Gasteiger partial charge in [-0.3, -0.25) is 0 Å². The van der Waals surface area contributed by atoms with E-state index in [1.54, 1.807) is 7.11 Å². The summed E-state index contributed by atoms with van der Waals surface area (Å²) < 4.78 is 5.11. The summed E-state index contributed by atoms with van der Waals surface area (Å²) in [5.41, 5.74) is 7.98. The maximum absolute atomic E-state index is 9.67. The third-order valence-electron chi connectivity index (χ3n) is 2.67. The number of ether oxygens (including phenoxy) is 1. The van der Waals surface area contributed by atoms with E-state index in [9.17, 15) is 5.11 Å². The topological polar surface area (TPSA) is 55.5 Å². The van der Waals surface area contributed by atoms with E-state index in [4.69, 9.17) is 10.5 Å². The van der Waals surface area contributed by atoms with Crippen LogP contribution in [-0.2, 0) is 0 Å². The molecule has 16 heavy (non-hydrogen) atoms. The molecule has 0 saturated carbocycles. The van der Waals surface area contributed by atoms with Crippen molar-refractivity contribution < 1.29 is 9.84 Å². The predicted octanol–water partition coefficient (Wildman–Crippen LogP) is 2.20. The highest BCUT2D eigenvalue weighted by atomic mass is 35.5. The highest BCUT2D eigenvalue weighted by Gasteiger charge is 2.16. The van der Waals surface area contributed by atoms with Crippen molar-refractivity contribution in [2.75, 3.05) is 7.11 Å². The molecular weight excluding hydrogens is 226 g/mol. The highest BCUT2D eigenvalue weighted by Crippen LogP contribution is 2.23. The van der Waals surface area contributed by atoms with E-state index < -0.39 is 6.10 Å². The van der Waals surface area contributed by atoms with Gasteiger partial charge in [-0.15, -0.1) is 12.4 Å². The van der Waals surface area contributed by atoms with Crippen molar-refractivity contribution in [1.29, 1.82) is 0 Å². The molecule has 0 aliphatic carbocycles. The summed E-state index contributed by atoms with van der Waals surface area (Å²) in [6, 6.07) is 5.39. The molecule has 0 aromatic heterocycles. The highest BCUT2D eigenvalue weighted by molar-refractivity contribution is 5.85. The van der Waals surface area contributed by atoms with E-state index >= 15 is 0 Å². The normalized spacial score (nSPS) is 13.8. The Labute approximate surface area is 103 Å². The summed E-state index contributed by atoms with van der Waals surface area (Å²) in [5.74, 6) is 0.814. The van der Waals surface area contributed by atoms with Gasteiger partial charge < -0.3 is 15.6 Å². The number of rotatable bonds is 4. The van der Waals surface area contributed by atoms with Crippen molar-refractivity contribution >= 4 is 12.4 Å². The fourth-order valence-electron chi connectivity index (χ4n) is 1.61. The molecule has 0 heterocycles. The zero-order valence-corrected chi connectivity index (χ0v) is 10.8. The van der Waals surface area contributed by atoms with Gasteiger partial charge in [0.15, 0.2) is 0 Å². The number of halogens is 1. The van der Waals surface area contributed by atoms with E-state index in [-0.39, 0.29) is 18.4 Å². The summed E-state index contributed by atoms with van der Waals surface area (Å²) in [7, 11) is 1.63. The number of methoxy groups -OCH3 is 1. The quantitative estimate of drug-likeness (QED) is 0.855. The number of hydrogen-bond acceptors (Lipinski definition) is 3. The Balaban J connectivity index is 0.00000225. The number of nitrogens with two attached hydrogens (primary N) is 1. The lowest BCUT2D eigenvalue weighted by molar-refractivity contribution is 0.140. The minimum absolute atomic E-state index is 0. The number of aliphatic hydroxyl groups is 1. The van der Waals surface area contributed by atoms with Crippen molar-refractivity contribution in [3.63, 3.8) is 0 Å². The van der Waals surface area contributed by atoms with Gasteiger partial charge in [-0.25, -0.2) is 0 Å². The van der Waals surface area contributed by atoms with E-state index in [0.717, 1.165) is 16.9 Å². The van der Waals surface area contributed by atoms with Gasteiger partial charge in [-0.2, -0.15) is 0 Å². The van der Waals surface area contributed by atoms with Crippen LogP contribution in [0.5, 0.6) is 5.75 Å². The molecule has 0 aliphatic heterocycles. The minimum atomic E-state index is -0.489. The molecule has 1 rings (SSSR count). The Bertz CT molecular complexity index is 331. The maximum Gasteiger partial charge on any atom is 0.119 e. The molecule has 4 heteroatoms. The van der Waals surface area contributed by atoms with Gasteiger partial charge in [0.2, 0.25) is 0 Å². The smallest absolute Gasteiger partial charge is 0.119 e. The molecule has 0 amide bonds. The molecule has 0 unspecified atom stereocenters. The molecule has 0 spiro atoms. The van der Waals surface area contributed by atoms with Gasteiger partial charge in [0.25, 0.3) is 0 Å². The molecule has 0 fully saturated rings. The zero-order chi connectivity index (χ0) is 11.4. The predicted molar refractivity (Wildman–Crippen MR) is 68.2 cm³/mol. The second kappa shape index (κ2) is 6.74. The van der Waals surface area contributed by atoms with E-state index in [0.29, 0.717) is 6.42 Å². The van der Waals surface area contributed by atoms with Gasteiger partial charge in [0.05, 0.1) is 19.3 Å². The Hall–Kier alpha value is -0.770. The molecule has 0 saturated heterocycles. The summed E-state index contributed by atoms with van der Waals surface area (Å²) >= 11 is 0. The van der Waals surface area contributed by atoms with Gasteiger partial charge in [0, 0.05) is 0 Å². The monoisotopic (exact) mass is 245 g/mol. The Morgan fingerprint density at radius 2 is 2.06 bits per heavy atom. The SMILES string of the molecule is CC[C@H](O)[C@H](N)c1ccc(OC)cc1C.Cl. The first-order valence-corrected chi connectivity index (χ1v) is 5.18. The van der Waals surface area contributed by atoms with Crippen LogP contribution in [0.2, 0.25) is 0 Å². The number of aliphatic hydroxyl groups excluding tert-OH is 1. The number of benzene rings is 1. The molecular formula is C12H20ClNO2. The fraction of sp³-hybridized carbons (Fsp3) is 0.500. The Morgan fingerprint density at radius 3 is 2.50 bits per heavy atom. The van der Waals surface area contributed by atoms with Crippen LogP contribution in [0.1, 0.15) is 30.5 Å². The van der Waals surface area contributed by atoms with Crippen LogP contribution in [-0.4, -0.2) is 18.3 Å². The lowest BCUT2D eigenvalue weighted by Gasteiger charge is -2.20. The third-order valence-corrected chi connectivity index (χ3v) is 2.67. The van der Waals surface area contributed by atoms with Crippen molar-refractivity contribution in [3.05, 3.63) is 29.3 Å². The molecule has 2 atom stereocenters. The van der Waals surface area contributed by atoms with Crippen LogP contribution >= 0.6 is 12.4 Å². The third kappa shape index (κ3) is 3.37. The average Bonchev–Trinajstić information content (AvgIpc) is 2.26.